The lowest BCUT2D eigenvalue weighted by atomic mass is 9.98. The molecule has 19 heteroatoms. The molecule has 2 aromatic heterocycles. The molecule has 60 heavy (non-hydrogen) atoms. The number of benzene rings is 3. The zero-order chi connectivity index (χ0) is 42.7. The molecular weight excluding hydrogens is 856 g/mol. The fourth-order valence-electron chi connectivity index (χ4n) is 6.77. The van der Waals surface area contributed by atoms with Crippen molar-refractivity contribution >= 4 is 92.7 Å². The predicted octanol–water partition coefficient (Wildman–Crippen LogP) is 6.53. The van der Waals surface area contributed by atoms with Gasteiger partial charge in [-0.1, -0.05) is 53.5 Å². The second-order valence-corrected chi connectivity index (χ2v) is 16.7. The molecule has 2 aliphatic heterocycles. The third-order valence-corrected chi connectivity index (χ3v) is 12.4. The first-order chi connectivity index (χ1) is 28.8. The molecule has 1 saturated heterocycles. The number of hydrogen-bond acceptors (Lipinski definition) is 11. The number of likely N-dealkylation sites (N-methyl/N-ethyl adjacent to an activating group) is 1. The highest BCUT2D eigenvalue weighted by Crippen LogP contribution is 2.43. The van der Waals surface area contributed by atoms with E-state index in [1.54, 1.807) is 50.2 Å². The average molecular weight is 892 g/mol. The number of H-pyrrole nitrogens is 1. The number of carbonyl (C=O) groups is 5. The molecule has 0 aliphatic carbocycles. The summed E-state index contributed by atoms with van der Waals surface area (Å²) in [6, 6.07) is 18.4. The van der Waals surface area contributed by atoms with Gasteiger partial charge in [0.15, 0.2) is 0 Å². The molecule has 0 bridgehead atoms. The summed E-state index contributed by atoms with van der Waals surface area (Å²) in [6.07, 6.45) is -1.32. The highest BCUT2D eigenvalue weighted by molar-refractivity contribution is 8.00. The van der Waals surface area contributed by atoms with E-state index in [1.807, 2.05) is 17.5 Å². The molecule has 3 aromatic carbocycles. The van der Waals surface area contributed by atoms with Crippen molar-refractivity contribution in [1.82, 2.24) is 30.4 Å². The Kier molecular flexibility index (Phi) is 12.8. The van der Waals surface area contributed by atoms with Crippen molar-refractivity contribution in [3.8, 4) is 17.1 Å². The van der Waals surface area contributed by atoms with Gasteiger partial charge in [0, 0.05) is 45.4 Å². The molecule has 5 aromatic rings. The highest BCUT2D eigenvalue weighted by atomic mass is 35.5. The predicted molar refractivity (Wildman–Crippen MR) is 228 cm³/mol. The third-order valence-electron chi connectivity index (χ3n) is 9.79. The van der Waals surface area contributed by atoms with Crippen LogP contribution in [-0.4, -0.2) is 91.1 Å². The number of fused-ring (bicyclic) bond motifs is 2. The molecule has 0 saturated carbocycles. The molecule has 4 amide bonds. The number of aliphatic carboxylic acids is 1. The molecular formula is C41H36Cl2N6O9S2. The Morgan fingerprint density at radius 2 is 1.80 bits per heavy atom. The molecule has 0 radical (unpaired) electrons. The highest BCUT2D eigenvalue weighted by Gasteiger charge is 2.54. The van der Waals surface area contributed by atoms with Gasteiger partial charge in [-0.2, -0.15) is 0 Å². The molecule has 2 aliphatic rings. The Morgan fingerprint density at radius 1 is 1.05 bits per heavy atom. The van der Waals surface area contributed by atoms with E-state index < -0.39 is 47.1 Å². The van der Waals surface area contributed by atoms with Crippen LogP contribution in [0.5, 0.6) is 5.75 Å². The minimum absolute atomic E-state index is 0.0233. The van der Waals surface area contributed by atoms with Gasteiger partial charge < -0.3 is 35.1 Å². The Labute approximate surface area is 360 Å². The van der Waals surface area contributed by atoms with Crippen molar-refractivity contribution in [2.75, 3.05) is 18.8 Å². The lowest BCUT2D eigenvalue weighted by Gasteiger charge is -2.49. The number of nitrogens with zero attached hydrogens (tertiary/aromatic N) is 3. The smallest absolute Gasteiger partial charge is 0.415 e. The summed E-state index contributed by atoms with van der Waals surface area (Å²) in [7, 11) is 0. The van der Waals surface area contributed by atoms with E-state index in [9.17, 15) is 33.9 Å². The Morgan fingerprint density at radius 3 is 2.52 bits per heavy atom. The van der Waals surface area contributed by atoms with E-state index in [0.29, 0.717) is 43.4 Å². The second kappa shape index (κ2) is 18.2. The number of carboxylic acid groups (broad SMARTS) is 1. The lowest BCUT2D eigenvalue weighted by molar-refractivity contribution is -0.150. The first-order valence-electron chi connectivity index (χ1n) is 18.5. The summed E-state index contributed by atoms with van der Waals surface area (Å²) in [6.45, 7) is 3.63. The van der Waals surface area contributed by atoms with E-state index in [2.05, 4.69) is 20.6 Å². The Balaban J connectivity index is 0.925. The fraction of sp³-hybridized carbons (Fsp3) is 0.244. The average Bonchev–Trinajstić information content (AvgIpc) is 3.75. The normalized spacial score (nSPS) is 16.4. The van der Waals surface area contributed by atoms with Crippen LogP contribution in [0.2, 0.25) is 10.0 Å². The van der Waals surface area contributed by atoms with Crippen molar-refractivity contribution in [2.45, 2.75) is 44.3 Å². The van der Waals surface area contributed by atoms with E-state index in [4.69, 9.17) is 32.7 Å². The number of hydrogen-bond donors (Lipinski definition) is 4. The molecule has 15 nitrogen and oxygen atoms in total. The number of halogens is 2. The van der Waals surface area contributed by atoms with Crippen LogP contribution in [0, 0.1) is 0 Å². The molecule has 310 valence electrons. The van der Waals surface area contributed by atoms with Crippen LogP contribution in [0.4, 0.5) is 9.59 Å². The Hall–Kier alpha value is -5.88. The third kappa shape index (κ3) is 9.13. The number of amides is 4. The number of carboxylic acids is 1. The van der Waals surface area contributed by atoms with E-state index in [0.717, 1.165) is 4.88 Å². The topological polar surface area (TPSA) is 200 Å². The number of thioether (sulfide) groups is 1. The van der Waals surface area contributed by atoms with Crippen LogP contribution in [0.25, 0.3) is 27.9 Å². The molecule has 0 spiro atoms. The molecule has 4 heterocycles. The van der Waals surface area contributed by atoms with Crippen molar-refractivity contribution in [1.29, 1.82) is 0 Å². The van der Waals surface area contributed by atoms with E-state index in [1.165, 1.54) is 57.2 Å². The summed E-state index contributed by atoms with van der Waals surface area (Å²) in [4.78, 5) is 87.8. The van der Waals surface area contributed by atoms with Crippen molar-refractivity contribution in [3.63, 3.8) is 0 Å². The van der Waals surface area contributed by atoms with Gasteiger partial charge in [0.1, 0.15) is 35.3 Å². The summed E-state index contributed by atoms with van der Waals surface area (Å²) < 4.78 is 11.2. The van der Waals surface area contributed by atoms with Gasteiger partial charge in [0.25, 0.3) is 11.5 Å². The quantitative estimate of drug-likeness (QED) is 0.0937. The van der Waals surface area contributed by atoms with Gasteiger partial charge in [0.05, 0.1) is 22.9 Å². The summed E-state index contributed by atoms with van der Waals surface area (Å²) in [5.74, 6) is -1.51. The first-order valence-corrected chi connectivity index (χ1v) is 21.2. The van der Waals surface area contributed by atoms with Gasteiger partial charge in [-0.25, -0.2) is 19.4 Å². The van der Waals surface area contributed by atoms with Gasteiger partial charge in [-0.3, -0.25) is 19.3 Å². The number of aromatic amines is 1. The van der Waals surface area contributed by atoms with Crippen LogP contribution >= 0.6 is 46.3 Å². The number of carbonyl (C=O) groups excluding carboxylic acids is 4. The number of ether oxygens (including phenoxy) is 2. The SMILES string of the molecule is CCN(C(=O)Oc1ccc(Cl)cc1-c1nc2ccc(Cl)cc2c(=O)[nH]1)C(C)CNC(=O)OCc1ccc(C2=C(C(=O)O)N3C(=O)C(NC(=O)Cc4cccs4)C3SC2)cc1. The van der Waals surface area contributed by atoms with Gasteiger partial charge in [0.2, 0.25) is 5.91 Å². The van der Waals surface area contributed by atoms with E-state index >= 15 is 0 Å². The maximum absolute atomic E-state index is 13.4. The number of rotatable bonds is 13. The maximum Gasteiger partial charge on any atom is 0.415 e. The zero-order valence-electron chi connectivity index (χ0n) is 31.9. The van der Waals surface area contributed by atoms with Gasteiger partial charge in [-0.05, 0) is 72.8 Å². The minimum Gasteiger partial charge on any atom is -0.477 e. The van der Waals surface area contributed by atoms with Gasteiger partial charge in [-0.15, -0.1) is 23.1 Å². The fourth-order valence-corrected chi connectivity index (χ4v) is 9.19. The van der Waals surface area contributed by atoms with Crippen LogP contribution in [0.1, 0.15) is 29.9 Å². The molecule has 3 unspecified atom stereocenters. The number of β-lactam (4-membered cyclic amide) rings is 1. The largest absolute Gasteiger partial charge is 0.477 e. The first kappa shape index (κ1) is 42.3. The van der Waals surface area contributed by atoms with Crippen molar-refractivity contribution in [2.24, 2.45) is 0 Å². The number of thiophene rings is 1. The maximum atomic E-state index is 13.4. The lowest BCUT2D eigenvalue weighted by Crippen LogP contribution is -2.70. The zero-order valence-corrected chi connectivity index (χ0v) is 35.0. The standard InChI is InChI=1S/C41H36Cl2N6O9S2/c1-3-48(41(56)58-31-13-11-25(43)16-28(31)35-45-30-12-10-24(42)15-27(30)36(51)47-35)21(2)18-44-40(55)57-19-22-6-8-23(9-7-22)29-20-60-38-33(37(52)49(38)34(29)39(53)54)46-32(50)17-26-5-4-14-59-26/h4-16,21,33,38H,3,17-20H2,1-2H3,(H,44,55)(H,46,50)(H,53,54)(H,45,47,51). The second-order valence-electron chi connectivity index (χ2n) is 13.7. The summed E-state index contributed by atoms with van der Waals surface area (Å²) in [5.41, 5.74) is 1.76. The number of nitrogens with one attached hydrogen (secondary N) is 3. The van der Waals surface area contributed by atoms with Gasteiger partial charge >= 0.3 is 18.2 Å². The summed E-state index contributed by atoms with van der Waals surface area (Å²) >= 11 is 15.1. The Bertz CT molecular complexity index is 2590. The van der Waals surface area contributed by atoms with Crippen molar-refractivity contribution in [3.05, 3.63) is 120 Å². The van der Waals surface area contributed by atoms with Crippen molar-refractivity contribution < 1.29 is 38.6 Å². The minimum atomic E-state index is -1.25. The van der Waals surface area contributed by atoms with Crippen LogP contribution in [-0.2, 0) is 32.1 Å². The monoisotopic (exact) mass is 890 g/mol. The molecule has 4 N–H and O–H groups in total. The van der Waals surface area contributed by atoms with Crippen LogP contribution in [0.15, 0.2) is 88.7 Å². The summed E-state index contributed by atoms with van der Waals surface area (Å²) in [5, 5.41) is 17.9. The van der Waals surface area contributed by atoms with Crippen LogP contribution < -0.4 is 20.9 Å². The molecule has 7 rings (SSSR count). The van der Waals surface area contributed by atoms with E-state index in [-0.39, 0.29) is 54.9 Å². The molecule has 3 atom stereocenters. The number of aromatic nitrogens is 2. The molecule has 1 fully saturated rings. The number of alkyl carbamates (subject to hydrolysis) is 1. The van der Waals surface area contributed by atoms with Crippen LogP contribution in [0.3, 0.4) is 0 Å².